The summed E-state index contributed by atoms with van der Waals surface area (Å²) in [4.78, 5) is 73.7. The first-order valence-corrected chi connectivity index (χ1v) is 31.1. The molecule has 0 aromatic rings. The number of ether oxygens (including phenoxy) is 8. The molecule has 15 N–H and O–H groups in total. The van der Waals surface area contributed by atoms with Crippen molar-refractivity contribution in [2.24, 2.45) is 11.8 Å². The molecule has 3 aliphatic rings. The van der Waals surface area contributed by atoms with Crippen molar-refractivity contribution in [1.82, 2.24) is 31.9 Å². The van der Waals surface area contributed by atoms with E-state index in [2.05, 4.69) is 31.9 Å². The standard InChI is InChI=1S/C58H106N6O23/c1-36(2)58(85-29-20-46(73)61-23-14-8-11-17-26-84-57-49(64-39(5)70)55(79)52(76)43(33-67)87-57,34-80-27-18-44(71)59-21-12-6-9-15-24-82-41-30-40(31-65)50(74)53(77)47(41)62-37(3)68)35-81-28-19-45(72)60-22-13-7-10-16-25-83-56-48(63-38(4)69)54(78)51(75)42(32-66)86-56/h36,40-43,47-57,65-67,74-79H,6-35H2,1-5H3,(H,59,71)(H,60,72)(H,61,73)(H,62,68)(H,63,69)(H,64,70)/t40?,41-,42?,43?,47?,48?,49?,50+,51+,52+,53-,54-,55-,56-,57-,58?/m1/s1. The highest BCUT2D eigenvalue weighted by molar-refractivity contribution is 5.77. The molecule has 6 amide bonds. The van der Waals surface area contributed by atoms with Gasteiger partial charge in [0.05, 0.1) is 64.5 Å². The van der Waals surface area contributed by atoms with E-state index in [1.165, 1.54) is 20.8 Å². The molecule has 2 aliphatic heterocycles. The maximum absolute atomic E-state index is 13.0. The second kappa shape index (κ2) is 43.0. The van der Waals surface area contributed by atoms with Crippen molar-refractivity contribution in [2.45, 2.75) is 229 Å². The lowest BCUT2D eigenvalue weighted by atomic mass is 9.79. The monoisotopic (exact) mass is 1250 g/mol. The van der Waals surface area contributed by atoms with Gasteiger partial charge in [-0.15, -0.1) is 0 Å². The van der Waals surface area contributed by atoms with Crippen molar-refractivity contribution in [2.75, 3.05) is 92.3 Å². The Morgan fingerprint density at radius 2 is 0.828 bits per heavy atom. The van der Waals surface area contributed by atoms with E-state index >= 15 is 0 Å². The normalized spacial score (nSPS) is 28.1. The van der Waals surface area contributed by atoms with Crippen molar-refractivity contribution in [1.29, 1.82) is 0 Å². The molecule has 0 bridgehead atoms. The predicted octanol–water partition coefficient (Wildman–Crippen LogP) is -2.82. The lowest BCUT2D eigenvalue weighted by molar-refractivity contribution is -0.270. The minimum Gasteiger partial charge on any atom is -0.396 e. The third-order valence-corrected chi connectivity index (χ3v) is 15.7. The van der Waals surface area contributed by atoms with Crippen LogP contribution in [0.15, 0.2) is 0 Å². The fraction of sp³-hybridized carbons (Fsp3) is 0.897. The Morgan fingerprint density at radius 1 is 0.460 bits per heavy atom. The van der Waals surface area contributed by atoms with Crippen LogP contribution >= 0.6 is 0 Å². The number of nitrogens with one attached hydrogen (secondary N) is 6. The van der Waals surface area contributed by atoms with E-state index in [4.69, 9.17) is 37.9 Å². The number of aliphatic hydroxyl groups is 9. The number of amides is 6. The summed E-state index contributed by atoms with van der Waals surface area (Å²) in [6, 6.07) is -2.84. The van der Waals surface area contributed by atoms with Gasteiger partial charge >= 0.3 is 0 Å². The number of unbranched alkanes of at least 4 members (excludes halogenated alkanes) is 9. The van der Waals surface area contributed by atoms with Gasteiger partial charge in [0.25, 0.3) is 0 Å². The summed E-state index contributed by atoms with van der Waals surface area (Å²) >= 11 is 0. The van der Waals surface area contributed by atoms with Crippen LogP contribution in [0, 0.1) is 11.8 Å². The van der Waals surface area contributed by atoms with Crippen LogP contribution in [-0.2, 0) is 66.7 Å². The first-order chi connectivity index (χ1) is 41.6. The van der Waals surface area contributed by atoms with E-state index in [0.29, 0.717) is 64.8 Å². The Bertz CT molecular complexity index is 1880. The largest absolute Gasteiger partial charge is 0.396 e. The van der Waals surface area contributed by atoms with Crippen LogP contribution in [-0.4, -0.2) is 265 Å². The van der Waals surface area contributed by atoms with Crippen molar-refractivity contribution in [3.8, 4) is 0 Å². The summed E-state index contributed by atoms with van der Waals surface area (Å²) in [5, 5.41) is 108. The van der Waals surface area contributed by atoms with Crippen LogP contribution in [0.3, 0.4) is 0 Å². The number of hydrogen-bond acceptors (Lipinski definition) is 23. The number of rotatable bonds is 45. The van der Waals surface area contributed by atoms with Crippen molar-refractivity contribution in [3.63, 3.8) is 0 Å². The van der Waals surface area contributed by atoms with Crippen LogP contribution in [0.1, 0.15) is 137 Å². The number of hydrogen-bond donors (Lipinski definition) is 15. The van der Waals surface area contributed by atoms with Crippen LogP contribution in [0.25, 0.3) is 0 Å². The van der Waals surface area contributed by atoms with Crippen LogP contribution in [0.4, 0.5) is 0 Å². The van der Waals surface area contributed by atoms with Gasteiger partial charge in [0.1, 0.15) is 60.4 Å². The van der Waals surface area contributed by atoms with Crippen LogP contribution in [0.2, 0.25) is 0 Å². The molecule has 87 heavy (non-hydrogen) atoms. The molecule has 0 radical (unpaired) electrons. The van der Waals surface area contributed by atoms with Gasteiger partial charge in [-0.2, -0.15) is 0 Å². The van der Waals surface area contributed by atoms with E-state index in [0.717, 1.165) is 38.5 Å². The molecular formula is C58H106N6O23. The molecule has 1 saturated carbocycles. The van der Waals surface area contributed by atoms with E-state index in [9.17, 15) is 74.7 Å². The summed E-state index contributed by atoms with van der Waals surface area (Å²) in [5.41, 5.74) is -1.05. The zero-order valence-corrected chi connectivity index (χ0v) is 51.7. The maximum Gasteiger partial charge on any atom is 0.222 e. The highest BCUT2D eigenvalue weighted by Crippen LogP contribution is 2.29. The molecule has 2 heterocycles. The van der Waals surface area contributed by atoms with Gasteiger partial charge in [0, 0.05) is 92.0 Å². The predicted molar refractivity (Wildman–Crippen MR) is 311 cm³/mol. The van der Waals surface area contributed by atoms with E-state index < -0.39 is 122 Å². The Morgan fingerprint density at radius 3 is 1.21 bits per heavy atom. The molecule has 0 spiro atoms. The third kappa shape index (κ3) is 28.5. The third-order valence-electron chi connectivity index (χ3n) is 15.7. The van der Waals surface area contributed by atoms with Crippen LogP contribution < -0.4 is 31.9 Å². The molecular weight excluding hydrogens is 1150 g/mol. The first kappa shape index (κ1) is 77.4. The minimum absolute atomic E-state index is 0.0242. The SMILES string of the molecule is CC(=O)NC1[C@H](OCCCCCCNC(=O)CCOCC(COCCC(=O)NCCCCCCO[C@@H]2CC(CO)[C@H](O)[C@H](O)C2NC(C)=O)(OCCC(=O)NCCCCCCO[C@@H]2OC(CO)[C@H](O)[C@H](O)C2NC(C)=O)C(C)C)OC(CO)[C@H](O)[C@@H]1O. The van der Waals surface area contributed by atoms with Gasteiger partial charge in [0.2, 0.25) is 35.4 Å². The topological polar surface area (TPSA) is 431 Å². The first-order valence-electron chi connectivity index (χ1n) is 31.1. The lowest BCUT2D eigenvalue weighted by Gasteiger charge is -2.42. The molecule has 16 atom stereocenters. The summed E-state index contributed by atoms with van der Waals surface area (Å²) in [7, 11) is 0. The van der Waals surface area contributed by atoms with E-state index in [-0.39, 0.29) is 108 Å². The smallest absolute Gasteiger partial charge is 0.222 e. The molecule has 0 aromatic carbocycles. The second-order valence-corrected chi connectivity index (χ2v) is 23.1. The molecule has 7 unspecified atom stereocenters. The minimum atomic E-state index is -1.41. The summed E-state index contributed by atoms with van der Waals surface area (Å²) < 4.78 is 47.2. The summed E-state index contributed by atoms with van der Waals surface area (Å²) in [5.74, 6) is -2.68. The van der Waals surface area contributed by atoms with Gasteiger partial charge in [0.15, 0.2) is 12.6 Å². The average molecular weight is 1260 g/mol. The molecule has 2 saturated heterocycles. The Kier molecular flexibility index (Phi) is 38.3. The second-order valence-electron chi connectivity index (χ2n) is 23.1. The Labute approximate surface area is 511 Å². The average Bonchev–Trinajstić information content (AvgIpc) is 1.57. The fourth-order valence-electron chi connectivity index (χ4n) is 10.4. The molecule has 0 aromatic heterocycles. The molecule has 3 fully saturated rings. The van der Waals surface area contributed by atoms with Gasteiger partial charge < -0.3 is 116 Å². The van der Waals surface area contributed by atoms with Crippen molar-refractivity contribution >= 4 is 35.4 Å². The molecule has 29 heteroatoms. The van der Waals surface area contributed by atoms with E-state index in [1.54, 1.807) is 0 Å². The quantitative estimate of drug-likeness (QED) is 0.0273. The lowest BCUT2D eigenvalue weighted by Crippen LogP contribution is -2.64. The fourth-order valence-corrected chi connectivity index (χ4v) is 10.4. The molecule has 1 aliphatic carbocycles. The molecule has 3 rings (SSSR count). The van der Waals surface area contributed by atoms with Gasteiger partial charge in [-0.05, 0) is 50.9 Å². The Hall–Kier alpha value is -3.86. The summed E-state index contributed by atoms with van der Waals surface area (Å²) in [6.07, 6.45) is -3.91. The summed E-state index contributed by atoms with van der Waals surface area (Å²) in [6.45, 7) is 8.58. The highest BCUT2D eigenvalue weighted by atomic mass is 16.7. The highest BCUT2D eigenvalue weighted by Gasteiger charge is 2.47. The van der Waals surface area contributed by atoms with Gasteiger partial charge in [-0.3, -0.25) is 28.8 Å². The number of carbonyl (C=O) groups excluding carboxylic acids is 6. The number of aliphatic hydroxyl groups excluding tert-OH is 9. The molecule has 29 nitrogen and oxygen atoms in total. The molecule has 506 valence electrons. The maximum atomic E-state index is 13.0. The van der Waals surface area contributed by atoms with Crippen molar-refractivity contribution < 1.29 is 113 Å². The van der Waals surface area contributed by atoms with Crippen LogP contribution in [0.5, 0.6) is 0 Å². The van der Waals surface area contributed by atoms with Gasteiger partial charge in [-0.25, -0.2) is 0 Å². The number of carbonyl (C=O) groups is 6. The van der Waals surface area contributed by atoms with E-state index in [1.807, 2.05) is 13.8 Å². The Balaban J connectivity index is 1.41. The zero-order valence-electron chi connectivity index (χ0n) is 51.7. The zero-order chi connectivity index (χ0) is 64.3. The van der Waals surface area contributed by atoms with Gasteiger partial charge in [-0.1, -0.05) is 52.4 Å². The van der Waals surface area contributed by atoms with Crippen molar-refractivity contribution in [3.05, 3.63) is 0 Å².